The van der Waals surface area contributed by atoms with Crippen molar-refractivity contribution in [2.45, 2.75) is 0 Å². The van der Waals surface area contributed by atoms with Crippen molar-refractivity contribution in [1.82, 2.24) is 4.98 Å². The van der Waals surface area contributed by atoms with Crippen molar-refractivity contribution < 1.29 is 0 Å². The number of pyridine rings is 1. The summed E-state index contributed by atoms with van der Waals surface area (Å²) < 4.78 is 1.18. The second kappa shape index (κ2) is 10.2. The zero-order valence-electron chi connectivity index (χ0n) is 21.7. The number of aromatic nitrogens is 1. The largest absolute Gasteiger partial charge is 0.398 e. The van der Waals surface area contributed by atoms with E-state index in [1.54, 1.807) is 0 Å². The lowest BCUT2D eigenvalue weighted by molar-refractivity contribution is 1.40. The van der Waals surface area contributed by atoms with Crippen LogP contribution in [0.4, 0.5) is 0 Å². The van der Waals surface area contributed by atoms with Crippen LogP contribution >= 0.6 is 22.6 Å². The second-order valence-electron chi connectivity index (χ2n) is 9.90. The average Bonchev–Trinajstić information content (AvgIpc) is 3.03. The predicted molar refractivity (Wildman–Crippen MR) is 178 cm³/mol. The first-order chi connectivity index (χ1) is 19.7. The van der Waals surface area contributed by atoms with E-state index in [-0.39, 0.29) is 0 Å². The molecule has 7 aromatic rings. The summed E-state index contributed by atoms with van der Waals surface area (Å²) in [6, 6.07) is 48.7. The molecule has 0 amide bonds. The first-order valence-electron chi connectivity index (χ1n) is 13.3. The zero-order valence-corrected chi connectivity index (χ0v) is 23.8. The summed E-state index contributed by atoms with van der Waals surface area (Å²) in [4.78, 5) is 5.10. The van der Waals surface area contributed by atoms with Crippen LogP contribution in [0.25, 0.3) is 53.0 Å². The van der Waals surface area contributed by atoms with Gasteiger partial charge in [-0.25, -0.2) is 4.98 Å². The number of nitrogens with zero attached hydrogens (tertiary/aromatic N) is 1. The molecule has 0 bridgehead atoms. The van der Waals surface area contributed by atoms with Crippen molar-refractivity contribution >= 4 is 64.4 Å². The number of hydrogen-bond donors (Lipinski definition) is 1. The summed E-state index contributed by atoms with van der Waals surface area (Å²) in [5.41, 5.74) is 14.2. The quantitative estimate of drug-likeness (QED) is 0.123. The Hall–Kier alpha value is -4.48. The van der Waals surface area contributed by atoms with E-state index < -0.39 is 0 Å². The minimum Gasteiger partial charge on any atom is -0.398 e. The van der Waals surface area contributed by atoms with Gasteiger partial charge in [-0.05, 0) is 56.0 Å². The number of nitrogens with two attached hydrogens (primary N) is 1. The molecule has 0 fully saturated rings. The molecular weight excluding hydrogens is 599 g/mol. The van der Waals surface area contributed by atoms with Gasteiger partial charge in [-0.3, -0.25) is 0 Å². The van der Waals surface area contributed by atoms with Crippen LogP contribution in [0.3, 0.4) is 0 Å². The van der Waals surface area contributed by atoms with Crippen molar-refractivity contribution in [1.29, 1.82) is 0 Å². The lowest BCUT2D eigenvalue weighted by Crippen LogP contribution is -2.31. The van der Waals surface area contributed by atoms with E-state index in [9.17, 15) is 0 Å². The molecular formula is C37H25IN2. The minimum absolute atomic E-state index is 0.766. The average molecular weight is 625 g/mol. The molecule has 0 saturated heterocycles. The number of hydrogen-bond acceptors (Lipinski definition) is 2. The molecule has 0 radical (unpaired) electrons. The summed E-state index contributed by atoms with van der Waals surface area (Å²) in [6.45, 7) is 0. The molecule has 1 aromatic heterocycles. The summed E-state index contributed by atoms with van der Waals surface area (Å²) in [5, 5.41) is 6.83. The smallest absolute Gasteiger partial charge is 0.0794 e. The predicted octanol–water partition coefficient (Wildman–Crippen LogP) is 7.91. The Morgan fingerprint density at radius 2 is 1.18 bits per heavy atom. The number of rotatable bonds is 3. The van der Waals surface area contributed by atoms with Crippen molar-refractivity contribution in [2.75, 3.05) is 0 Å². The number of halogens is 1. The van der Waals surface area contributed by atoms with Gasteiger partial charge in [0.2, 0.25) is 0 Å². The Morgan fingerprint density at radius 1 is 0.525 bits per heavy atom. The van der Waals surface area contributed by atoms with Crippen molar-refractivity contribution in [3.63, 3.8) is 0 Å². The van der Waals surface area contributed by atoms with Gasteiger partial charge >= 0.3 is 0 Å². The third-order valence-corrected chi connectivity index (χ3v) is 8.75. The van der Waals surface area contributed by atoms with Crippen LogP contribution in [0.5, 0.6) is 0 Å². The van der Waals surface area contributed by atoms with Crippen LogP contribution in [0.1, 0.15) is 11.1 Å². The first-order valence-corrected chi connectivity index (χ1v) is 14.4. The molecule has 190 valence electrons. The number of para-hydroxylation sites is 1. The van der Waals surface area contributed by atoms with Crippen LogP contribution < -0.4 is 16.2 Å². The van der Waals surface area contributed by atoms with Gasteiger partial charge in [-0.2, -0.15) is 0 Å². The monoisotopic (exact) mass is 624 g/mol. The standard InChI is InChI=1S/C37H25IN2/c38-35(26-11-2-1-3-12-26)29-14-6-7-15-30(29)36(39)27-20-18-25(19-21-27)34-31-16-8-9-17-33(31)40-37-28-13-5-4-10-24(28)22-23-32(34)37/h1-23H,39H2/b35-29-,36-30-. The van der Waals surface area contributed by atoms with Gasteiger partial charge in [0.15, 0.2) is 0 Å². The number of fused-ring (bicyclic) bond motifs is 4. The van der Waals surface area contributed by atoms with E-state index in [4.69, 9.17) is 10.7 Å². The Labute approximate surface area is 246 Å². The molecule has 0 aliphatic heterocycles. The van der Waals surface area contributed by atoms with E-state index in [0.29, 0.717) is 0 Å². The third kappa shape index (κ3) is 4.23. The van der Waals surface area contributed by atoms with Crippen LogP contribution in [-0.2, 0) is 0 Å². The Kier molecular flexibility index (Phi) is 6.29. The zero-order chi connectivity index (χ0) is 27.1. The van der Waals surface area contributed by atoms with Gasteiger partial charge in [0, 0.05) is 36.2 Å². The molecule has 0 aliphatic carbocycles. The summed E-state index contributed by atoms with van der Waals surface area (Å²) in [6.07, 6.45) is 0. The topological polar surface area (TPSA) is 38.9 Å². The fourth-order valence-electron chi connectivity index (χ4n) is 5.56. The Morgan fingerprint density at radius 3 is 1.98 bits per heavy atom. The van der Waals surface area contributed by atoms with E-state index >= 15 is 0 Å². The summed E-state index contributed by atoms with van der Waals surface area (Å²) >= 11 is 2.43. The first kappa shape index (κ1) is 24.6. The lowest BCUT2D eigenvalue weighted by Gasteiger charge is -2.14. The summed E-state index contributed by atoms with van der Waals surface area (Å²) in [5.74, 6) is 0. The van der Waals surface area contributed by atoms with Crippen LogP contribution in [0, 0.1) is 0 Å². The molecule has 2 nitrogen and oxygen atoms in total. The normalized spacial score (nSPS) is 13.0. The van der Waals surface area contributed by atoms with Crippen LogP contribution in [0.15, 0.2) is 140 Å². The maximum absolute atomic E-state index is 6.86. The van der Waals surface area contributed by atoms with Crippen molar-refractivity contribution in [3.05, 3.63) is 161 Å². The van der Waals surface area contributed by atoms with E-state index in [1.807, 2.05) is 6.07 Å². The fraction of sp³-hybridized carbons (Fsp3) is 0. The molecule has 7 rings (SSSR count). The maximum atomic E-state index is 6.86. The highest BCUT2D eigenvalue weighted by Crippen LogP contribution is 2.37. The maximum Gasteiger partial charge on any atom is 0.0794 e. The third-order valence-electron chi connectivity index (χ3n) is 7.54. The summed E-state index contributed by atoms with van der Waals surface area (Å²) in [7, 11) is 0. The molecule has 0 saturated carbocycles. The van der Waals surface area contributed by atoms with Gasteiger partial charge in [0.1, 0.15) is 0 Å². The van der Waals surface area contributed by atoms with Gasteiger partial charge in [0.25, 0.3) is 0 Å². The molecule has 0 spiro atoms. The molecule has 6 aromatic carbocycles. The molecule has 0 aliphatic rings. The SMILES string of the molecule is N/C(c1ccc(-c2c3ccccc3nc3c2ccc2ccccc23)cc1)=c1/cccc/c1=C(/I)c1ccccc1. The van der Waals surface area contributed by atoms with E-state index in [1.165, 1.54) is 25.5 Å². The molecule has 2 N–H and O–H groups in total. The van der Waals surface area contributed by atoms with Crippen LogP contribution in [-0.4, -0.2) is 4.98 Å². The van der Waals surface area contributed by atoms with Crippen molar-refractivity contribution in [2.24, 2.45) is 5.73 Å². The molecule has 3 heteroatoms. The molecule has 1 heterocycles. The van der Waals surface area contributed by atoms with Gasteiger partial charge in [0.05, 0.1) is 11.0 Å². The van der Waals surface area contributed by atoms with Crippen LogP contribution in [0.2, 0.25) is 0 Å². The highest BCUT2D eigenvalue weighted by Gasteiger charge is 2.13. The molecule has 0 atom stereocenters. The number of benzene rings is 6. The molecule has 0 unspecified atom stereocenters. The lowest BCUT2D eigenvalue weighted by atomic mass is 9.93. The van der Waals surface area contributed by atoms with E-state index in [0.717, 1.165) is 49.1 Å². The van der Waals surface area contributed by atoms with Gasteiger partial charge in [-0.15, -0.1) is 0 Å². The minimum atomic E-state index is 0.766. The molecule has 40 heavy (non-hydrogen) atoms. The Bertz CT molecular complexity index is 2170. The van der Waals surface area contributed by atoms with Gasteiger partial charge < -0.3 is 5.73 Å². The highest BCUT2D eigenvalue weighted by molar-refractivity contribution is 14.1. The highest BCUT2D eigenvalue weighted by atomic mass is 127. The second-order valence-corrected chi connectivity index (χ2v) is 11.0. The van der Waals surface area contributed by atoms with Gasteiger partial charge in [-0.1, -0.05) is 133 Å². The van der Waals surface area contributed by atoms with E-state index in [2.05, 4.69) is 156 Å². The van der Waals surface area contributed by atoms with Crippen molar-refractivity contribution in [3.8, 4) is 11.1 Å². The fourth-order valence-corrected chi connectivity index (χ4v) is 6.39. The Balaban J connectivity index is 1.43.